The number of ether oxygens (including phenoxy) is 1. The molecule has 0 spiro atoms. The van der Waals surface area contributed by atoms with Crippen molar-refractivity contribution in [2.24, 2.45) is 0 Å². The molecule has 3 aromatic carbocycles. The van der Waals surface area contributed by atoms with Gasteiger partial charge in [-0.15, -0.1) is 0 Å². The Balaban J connectivity index is 1.89. The molecule has 3 rings (SSSR count). The molecule has 1 atom stereocenters. The number of carbonyl (C=O) groups excluding carboxylic acids is 1. The number of rotatable bonds is 8. The summed E-state index contributed by atoms with van der Waals surface area (Å²) in [5.74, 6) is -0.132. The van der Waals surface area contributed by atoms with Crippen molar-refractivity contribution in [1.82, 2.24) is 4.72 Å². The number of para-hydroxylation sites is 1. The maximum Gasteiger partial charge on any atom is 0.242 e. The Hall–Kier alpha value is -2.39. The Morgan fingerprint density at radius 1 is 1.06 bits per heavy atom. The minimum Gasteiger partial charge on any atom is -0.495 e. The molecule has 0 aromatic heterocycles. The SMILES string of the molecule is COc1ccc(S(=O)(=O)NC(Cc2ccccc2)C(=O)Nc2ccccc2Br)cc1Cl. The third-order valence-electron chi connectivity index (χ3n) is 4.46. The molecule has 162 valence electrons. The highest BCUT2D eigenvalue weighted by atomic mass is 79.9. The Bertz CT molecular complexity index is 1170. The molecule has 0 saturated carbocycles. The van der Waals surface area contributed by atoms with Crippen molar-refractivity contribution in [3.05, 3.63) is 87.9 Å². The maximum atomic E-state index is 13.0. The van der Waals surface area contributed by atoms with Crippen LogP contribution in [0, 0.1) is 0 Å². The van der Waals surface area contributed by atoms with E-state index in [9.17, 15) is 13.2 Å². The summed E-state index contributed by atoms with van der Waals surface area (Å²) in [5.41, 5.74) is 1.35. The standard InChI is InChI=1S/C22H20BrClN2O4S/c1-30-21-12-11-16(14-18(21)24)31(28,29)26-20(13-15-7-3-2-4-8-15)22(27)25-19-10-6-5-9-17(19)23/h2-12,14,20,26H,13H2,1H3,(H,25,27). The van der Waals surface area contributed by atoms with Gasteiger partial charge in [0.2, 0.25) is 15.9 Å². The molecule has 9 heteroatoms. The lowest BCUT2D eigenvalue weighted by Gasteiger charge is -2.19. The Morgan fingerprint density at radius 3 is 2.39 bits per heavy atom. The molecular formula is C22H20BrClN2O4S. The van der Waals surface area contributed by atoms with Gasteiger partial charge >= 0.3 is 0 Å². The van der Waals surface area contributed by atoms with Crippen LogP contribution in [-0.4, -0.2) is 27.5 Å². The first kappa shape index (κ1) is 23.3. The van der Waals surface area contributed by atoms with Crippen LogP contribution in [0.5, 0.6) is 5.75 Å². The number of hydrogen-bond donors (Lipinski definition) is 2. The molecule has 1 amide bonds. The highest BCUT2D eigenvalue weighted by Gasteiger charge is 2.27. The predicted molar refractivity (Wildman–Crippen MR) is 125 cm³/mol. The van der Waals surface area contributed by atoms with E-state index in [0.717, 1.165) is 5.56 Å². The number of halogens is 2. The Kier molecular flexibility index (Phi) is 7.72. The summed E-state index contributed by atoms with van der Waals surface area (Å²) < 4.78 is 34.3. The molecule has 0 bridgehead atoms. The fraction of sp³-hybridized carbons (Fsp3) is 0.136. The summed E-state index contributed by atoms with van der Waals surface area (Å²) in [6, 6.07) is 19.3. The van der Waals surface area contributed by atoms with Gasteiger partial charge in [-0.3, -0.25) is 4.79 Å². The zero-order valence-electron chi connectivity index (χ0n) is 16.5. The van der Waals surface area contributed by atoms with E-state index >= 15 is 0 Å². The molecule has 0 saturated heterocycles. The number of hydrogen-bond acceptors (Lipinski definition) is 4. The molecule has 0 aliphatic rings. The third kappa shape index (κ3) is 6.07. The normalized spacial score (nSPS) is 12.2. The van der Waals surface area contributed by atoms with E-state index in [2.05, 4.69) is 26.0 Å². The molecule has 0 radical (unpaired) electrons. The number of amides is 1. The molecule has 0 aliphatic heterocycles. The molecule has 0 heterocycles. The lowest BCUT2D eigenvalue weighted by Crippen LogP contribution is -2.45. The van der Waals surface area contributed by atoms with Gasteiger partial charge < -0.3 is 10.1 Å². The zero-order valence-corrected chi connectivity index (χ0v) is 19.7. The van der Waals surface area contributed by atoms with Gasteiger partial charge in [0.05, 0.1) is 22.7 Å². The second kappa shape index (κ2) is 10.3. The highest BCUT2D eigenvalue weighted by Crippen LogP contribution is 2.27. The van der Waals surface area contributed by atoms with Crippen molar-refractivity contribution < 1.29 is 17.9 Å². The first-order valence-corrected chi connectivity index (χ1v) is 11.9. The summed E-state index contributed by atoms with van der Waals surface area (Å²) in [5, 5.41) is 2.93. The van der Waals surface area contributed by atoms with Crippen LogP contribution in [-0.2, 0) is 21.2 Å². The van der Waals surface area contributed by atoms with Gasteiger partial charge in [0.15, 0.2) is 0 Å². The second-order valence-corrected chi connectivity index (χ2v) is 9.60. The summed E-state index contributed by atoms with van der Waals surface area (Å²) in [7, 11) is -2.60. The number of sulfonamides is 1. The molecule has 2 N–H and O–H groups in total. The molecule has 0 aliphatic carbocycles. The molecule has 0 fully saturated rings. The van der Waals surface area contributed by atoms with Gasteiger partial charge in [0.25, 0.3) is 0 Å². The number of methoxy groups -OCH3 is 1. The maximum absolute atomic E-state index is 13.0. The van der Waals surface area contributed by atoms with Crippen LogP contribution in [0.3, 0.4) is 0 Å². The van der Waals surface area contributed by atoms with Crippen molar-refractivity contribution in [2.45, 2.75) is 17.4 Å². The summed E-state index contributed by atoms with van der Waals surface area (Å²) in [6.45, 7) is 0. The monoisotopic (exact) mass is 522 g/mol. The first-order chi connectivity index (χ1) is 14.8. The lowest BCUT2D eigenvalue weighted by molar-refractivity contribution is -0.117. The fourth-order valence-corrected chi connectivity index (χ4v) is 4.82. The number of anilines is 1. The van der Waals surface area contributed by atoms with Crippen molar-refractivity contribution in [1.29, 1.82) is 0 Å². The van der Waals surface area contributed by atoms with Crippen LogP contribution in [0.4, 0.5) is 5.69 Å². The van der Waals surface area contributed by atoms with Crippen molar-refractivity contribution in [3.8, 4) is 5.75 Å². The molecule has 3 aromatic rings. The predicted octanol–water partition coefficient (Wildman–Crippen LogP) is 4.64. The fourth-order valence-electron chi connectivity index (χ4n) is 2.89. The summed E-state index contributed by atoms with van der Waals surface area (Å²) in [4.78, 5) is 13.0. The Morgan fingerprint density at radius 2 is 1.74 bits per heavy atom. The van der Waals surface area contributed by atoms with Crippen molar-refractivity contribution in [3.63, 3.8) is 0 Å². The van der Waals surface area contributed by atoms with Crippen molar-refractivity contribution >= 4 is 49.1 Å². The summed E-state index contributed by atoms with van der Waals surface area (Å²) in [6.07, 6.45) is 0.167. The van der Waals surface area contributed by atoms with Gasteiger partial charge in [-0.25, -0.2) is 8.42 Å². The minimum absolute atomic E-state index is 0.0648. The average molecular weight is 524 g/mol. The molecule has 6 nitrogen and oxygen atoms in total. The average Bonchev–Trinajstić information content (AvgIpc) is 2.75. The van der Waals surface area contributed by atoms with Gasteiger partial charge in [-0.05, 0) is 58.2 Å². The number of benzene rings is 3. The van der Waals surface area contributed by atoms with E-state index in [1.165, 1.54) is 25.3 Å². The molecule has 1 unspecified atom stereocenters. The van der Waals surface area contributed by atoms with Gasteiger partial charge in [0, 0.05) is 4.47 Å². The van der Waals surface area contributed by atoms with Crippen LogP contribution in [0.2, 0.25) is 5.02 Å². The van der Waals surface area contributed by atoms with Gasteiger partial charge in [0.1, 0.15) is 11.8 Å². The quantitative estimate of drug-likeness (QED) is 0.451. The van der Waals surface area contributed by atoms with Crippen LogP contribution >= 0.6 is 27.5 Å². The van der Waals surface area contributed by atoms with E-state index in [0.29, 0.717) is 15.9 Å². The van der Waals surface area contributed by atoms with Crippen LogP contribution in [0.25, 0.3) is 0 Å². The van der Waals surface area contributed by atoms with E-state index in [-0.39, 0.29) is 16.3 Å². The smallest absolute Gasteiger partial charge is 0.242 e. The molecule has 31 heavy (non-hydrogen) atoms. The van der Waals surface area contributed by atoms with Crippen LogP contribution < -0.4 is 14.8 Å². The lowest BCUT2D eigenvalue weighted by atomic mass is 10.1. The topological polar surface area (TPSA) is 84.5 Å². The summed E-state index contributed by atoms with van der Waals surface area (Å²) >= 11 is 9.47. The van der Waals surface area contributed by atoms with Gasteiger partial charge in [-0.1, -0.05) is 54.1 Å². The van der Waals surface area contributed by atoms with Crippen molar-refractivity contribution in [2.75, 3.05) is 12.4 Å². The van der Waals surface area contributed by atoms with E-state index in [1.54, 1.807) is 18.2 Å². The van der Waals surface area contributed by atoms with Gasteiger partial charge in [-0.2, -0.15) is 4.72 Å². The van der Waals surface area contributed by atoms with Crippen LogP contribution in [0.15, 0.2) is 82.2 Å². The first-order valence-electron chi connectivity index (χ1n) is 9.25. The van der Waals surface area contributed by atoms with E-state index in [4.69, 9.17) is 16.3 Å². The third-order valence-corrected chi connectivity index (χ3v) is 6.92. The largest absolute Gasteiger partial charge is 0.495 e. The minimum atomic E-state index is -4.04. The van der Waals surface area contributed by atoms with E-state index in [1.807, 2.05) is 36.4 Å². The molecular weight excluding hydrogens is 504 g/mol. The highest BCUT2D eigenvalue weighted by molar-refractivity contribution is 9.10. The Labute approximate surface area is 194 Å². The second-order valence-electron chi connectivity index (χ2n) is 6.63. The van der Waals surface area contributed by atoms with E-state index < -0.39 is 22.0 Å². The van der Waals surface area contributed by atoms with Crippen LogP contribution in [0.1, 0.15) is 5.56 Å². The number of carbonyl (C=O) groups is 1. The number of nitrogens with one attached hydrogen (secondary N) is 2. The zero-order chi connectivity index (χ0) is 22.4.